The van der Waals surface area contributed by atoms with Crippen LogP contribution in [0.5, 0.6) is 0 Å². The van der Waals surface area contributed by atoms with Gasteiger partial charge in [0.15, 0.2) is 0 Å². The van der Waals surface area contributed by atoms with Gasteiger partial charge in [0.1, 0.15) is 5.76 Å². The molecular formula is C62H98N4O4S2. The molecule has 1 fully saturated rings. The number of anilines is 2. The van der Waals surface area contributed by atoms with Crippen molar-refractivity contribution in [2.24, 2.45) is 10.4 Å². The third-order valence-electron chi connectivity index (χ3n) is 16.4. The quantitative estimate of drug-likeness (QED) is 0.0544. The molecule has 0 bridgehead atoms. The maximum absolute atomic E-state index is 14.9. The van der Waals surface area contributed by atoms with Gasteiger partial charge in [0.25, 0.3) is 0 Å². The fourth-order valence-electron chi connectivity index (χ4n) is 11.5. The first-order chi connectivity index (χ1) is 34.4. The molecule has 1 aromatic rings. The molecule has 0 aromatic heterocycles. The molecule has 2 atom stereocenters. The fourth-order valence-corrected chi connectivity index (χ4v) is 13.3. The lowest BCUT2D eigenvalue weighted by Crippen LogP contribution is -2.42. The number of ketones is 1. The van der Waals surface area contributed by atoms with Crippen molar-refractivity contribution in [3.8, 4) is 0 Å². The van der Waals surface area contributed by atoms with Gasteiger partial charge in [-0.05, 0) is 101 Å². The van der Waals surface area contributed by atoms with Gasteiger partial charge in [0, 0.05) is 81.9 Å². The van der Waals surface area contributed by atoms with E-state index in [9.17, 15) is 19.5 Å². The molecule has 402 valence electrons. The summed E-state index contributed by atoms with van der Waals surface area (Å²) in [5.41, 5.74) is 6.03. The molecule has 2 N–H and O–H groups in total. The molecule has 5 rings (SSSR count). The number of allylic oxidation sites excluding steroid dienone is 6. The lowest BCUT2D eigenvalue weighted by atomic mass is 9.73. The number of benzene rings is 1. The predicted molar refractivity (Wildman–Crippen MR) is 313 cm³/mol. The van der Waals surface area contributed by atoms with Crippen LogP contribution in [0.2, 0.25) is 0 Å². The lowest BCUT2D eigenvalue weighted by molar-refractivity contribution is -0.117. The number of nitrogens with zero attached hydrogens (tertiary/aromatic N) is 3. The van der Waals surface area contributed by atoms with Gasteiger partial charge in [-0.2, -0.15) is 23.5 Å². The van der Waals surface area contributed by atoms with E-state index in [4.69, 9.17) is 4.99 Å². The second-order valence-corrected chi connectivity index (χ2v) is 25.6. The molecule has 0 radical (unpaired) electrons. The lowest BCUT2D eigenvalue weighted by Gasteiger charge is -2.34. The molecular weight excluding hydrogens is 929 g/mol. The molecule has 2 amide bonds. The number of rotatable bonds is 32. The highest BCUT2D eigenvalue weighted by atomic mass is 32.2. The molecule has 1 saturated heterocycles. The van der Waals surface area contributed by atoms with E-state index in [1.165, 1.54) is 122 Å². The standard InChI is InChI=1S/C62H98N4O4S2/c1-13-15-17-19-21-23-25-27-29-31-35-71-37-33-55(67)63-51-41-53-49(61(9,10)45(7)65(53)43(3)4)39-47(51)57-59(69)58(60(57)70)48-40-50-54(66(44(5)6)46(8)62(50,11)12)42-52(48)64-56(68)34-38-72-36-32-30-28-26-24-22-20-18-16-14-2/h39-46,69H,13-38H2,1-12H3,(H,63,67). The number of carbonyl (C=O) groups excluding carboxylic acids is 3. The zero-order valence-electron chi connectivity index (χ0n) is 47.3. The molecule has 4 aliphatic rings. The second-order valence-electron chi connectivity index (χ2n) is 23.2. The smallest absolute Gasteiger partial charge is 0.247 e. The van der Waals surface area contributed by atoms with E-state index in [1.54, 1.807) is 0 Å². The summed E-state index contributed by atoms with van der Waals surface area (Å²) in [7, 11) is 0. The number of hydrogen-bond donors (Lipinski definition) is 2. The van der Waals surface area contributed by atoms with E-state index in [0.29, 0.717) is 41.1 Å². The zero-order valence-corrected chi connectivity index (χ0v) is 49.0. The van der Waals surface area contributed by atoms with Gasteiger partial charge < -0.3 is 20.2 Å². The Bertz CT molecular complexity index is 2160. The third-order valence-corrected chi connectivity index (χ3v) is 18.6. The van der Waals surface area contributed by atoms with Crippen molar-refractivity contribution in [1.82, 2.24) is 4.90 Å². The summed E-state index contributed by atoms with van der Waals surface area (Å²) in [5.74, 6) is 2.75. The summed E-state index contributed by atoms with van der Waals surface area (Å²) in [6.07, 6.45) is 30.8. The highest BCUT2D eigenvalue weighted by molar-refractivity contribution is 7.99. The summed E-state index contributed by atoms with van der Waals surface area (Å²) >= 11 is 3.65. The summed E-state index contributed by atoms with van der Waals surface area (Å²) in [4.78, 5) is 52.1. The topological polar surface area (TPSA) is 102 Å². The number of aliphatic hydroxyl groups excluding tert-OH is 1. The number of likely N-dealkylation sites (tertiary alicyclic amines) is 1. The Morgan fingerprint density at radius 2 is 1.14 bits per heavy atom. The molecule has 72 heavy (non-hydrogen) atoms. The molecule has 2 aliphatic carbocycles. The number of fused-ring (bicyclic) bond motifs is 2. The van der Waals surface area contributed by atoms with Gasteiger partial charge >= 0.3 is 0 Å². The molecule has 0 saturated carbocycles. The van der Waals surface area contributed by atoms with Crippen molar-refractivity contribution in [3.63, 3.8) is 0 Å². The molecule has 0 spiro atoms. The number of nitrogens with one attached hydrogen (secondary N) is 1. The molecule has 8 nitrogen and oxygen atoms in total. The van der Waals surface area contributed by atoms with Crippen LogP contribution in [0.25, 0.3) is 5.57 Å². The van der Waals surface area contributed by atoms with Crippen molar-refractivity contribution in [2.75, 3.05) is 33.2 Å². The van der Waals surface area contributed by atoms with E-state index < -0.39 is 0 Å². The summed E-state index contributed by atoms with van der Waals surface area (Å²) in [6, 6.07) is 4.80. The number of Topliss-reactive ketones (excluding diaryl/α,β-unsaturated/α-hetero) is 1. The van der Waals surface area contributed by atoms with Crippen LogP contribution >= 0.6 is 23.5 Å². The Balaban J connectivity index is 1.36. The SMILES string of the molecule is CCCCCCCCCCCCSCCC(=O)N=C1C=C2C(=CC1=C1C(=O)C(c3cc4c(cc3NC(=O)CCSCCCCCCCCCCCC)N(C(C)C)C(C)C4(C)C)=C1O)C(C)(C)C(C)N2C(C)C. The molecule has 2 aliphatic heterocycles. The van der Waals surface area contributed by atoms with Crippen LogP contribution in [0.3, 0.4) is 0 Å². The van der Waals surface area contributed by atoms with Crippen molar-refractivity contribution in [2.45, 2.75) is 254 Å². The van der Waals surface area contributed by atoms with Gasteiger partial charge in [0.05, 0.1) is 22.5 Å². The Morgan fingerprint density at radius 1 is 0.653 bits per heavy atom. The van der Waals surface area contributed by atoms with Crippen LogP contribution in [0.4, 0.5) is 11.4 Å². The van der Waals surface area contributed by atoms with Crippen LogP contribution in [0, 0.1) is 5.41 Å². The Kier molecular flexibility index (Phi) is 23.7. The number of unbranched alkanes of at least 4 members (excludes halogenated alkanes) is 18. The first-order valence-corrected chi connectivity index (χ1v) is 31.2. The maximum Gasteiger partial charge on any atom is 0.247 e. The van der Waals surface area contributed by atoms with Crippen molar-refractivity contribution in [3.05, 3.63) is 63.6 Å². The number of amides is 2. The maximum atomic E-state index is 14.9. The number of carbonyl (C=O) groups is 3. The normalized spacial score (nSPS) is 20.7. The zero-order chi connectivity index (χ0) is 52.6. The van der Waals surface area contributed by atoms with Gasteiger partial charge in [-0.15, -0.1) is 0 Å². The van der Waals surface area contributed by atoms with Gasteiger partial charge in [-0.25, -0.2) is 4.99 Å². The summed E-state index contributed by atoms with van der Waals surface area (Å²) in [5, 5.41) is 15.6. The van der Waals surface area contributed by atoms with Gasteiger partial charge in [0.2, 0.25) is 17.6 Å². The van der Waals surface area contributed by atoms with Crippen molar-refractivity contribution < 1.29 is 19.5 Å². The minimum atomic E-state index is -0.306. The predicted octanol–water partition coefficient (Wildman–Crippen LogP) is 16.7. The fraction of sp³-hybridized carbons (Fsp3) is 0.710. The van der Waals surface area contributed by atoms with E-state index >= 15 is 0 Å². The Morgan fingerprint density at radius 3 is 1.64 bits per heavy atom. The van der Waals surface area contributed by atoms with Crippen LogP contribution in [-0.4, -0.2) is 80.5 Å². The van der Waals surface area contributed by atoms with E-state index in [0.717, 1.165) is 46.2 Å². The molecule has 1 aromatic carbocycles. The van der Waals surface area contributed by atoms with Gasteiger partial charge in [-0.3, -0.25) is 14.4 Å². The minimum Gasteiger partial charge on any atom is -0.506 e. The number of aliphatic hydroxyl groups is 1. The van der Waals surface area contributed by atoms with Gasteiger partial charge in [-0.1, -0.05) is 157 Å². The van der Waals surface area contributed by atoms with Crippen LogP contribution in [-0.2, 0) is 19.8 Å². The number of hydrogen-bond acceptors (Lipinski definition) is 8. The first-order valence-electron chi connectivity index (χ1n) is 28.9. The van der Waals surface area contributed by atoms with Crippen molar-refractivity contribution >= 4 is 63.8 Å². The van der Waals surface area contributed by atoms with E-state index in [1.807, 2.05) is 47.8 Å². The van der Waals surface area contributed by atoms with E-state index in [-0.39, 0.29) is 69.5 Å². The largest absolute Gasteiger partial charge is 0.506 e. The first kappa shape index (κ1) is 59.6. The Hall–Kier alpha value is -3.24. The minimum absolute atomic E-state index is 0.102. The summed E-state index contributed by atoms with van der Waals surface area (Å²) in [6.45, 7) is 26.7. The molecule has 10 heteroatoms. The number of thioether (sulfide) groups is 2. The van der Waals surface area contributed by atoms with Crippen LogP contribution in [0.1, 0.15) is 235 Å². The van der Waals surface area contributed by atoms with Crippen molar-refractivity contribution in [1.29, 1.82) is 0 Å². The molecule has 2 heterocycles. The Labute approximate surface area is 447 Å². The monoisotopic (exact) mass is 1030 g/mol. The molecule has 2 unspecified atom stereocenters. The number of aliphatic imine (C=N–C) groups is 1. The van der Waals surface area contributed by atoms with E-state index in [2.05, 4.69) is 98.2 Å². The third kappa shape index (κ3) is 15.0. The average molecular weight is 1030 g/mol. The van der Waals surface area contributed by atoms with Crippen LogP contribution < -0.4 is 10.2 Å². The summed E-state index contributed by atoms with van der Waals surface area (Å²) < 4.78 is 0. The second kappa shape index (κ2) is 28.6. The highest BCUT2D eigenvalue weighted by Crippen LogP contribution is 2.53. The highest BCUT2D eigenvalue weighted by Gasteiger charge is 2.49. The average Bonchev–Trinajstić information content (AvgIpc) is 3.65. The van der Waals surface area contributed by atoms with Crippen LogP contribution in [0.15, 0.2) is 57.5 Å².